The van der Waals surface area contributed by atoms with Gasteiger partial charge in [0.15, 0.2) is 0 Å². The van der Waals surface area contributed by atoms with E-state index in [0.29, 0.717) is 5.92 Å². The Kier molecular flexibility index (Phi) is 5.26. The van der Waals surface area contributed by atoms with E-state index in [4.69, 9.17) is 4.74 Å². The lowest BCUT2D eigenvalue weighted by molar-refractivity contribution is 0.234. The highest BCUT2D eigenvalue weighted by atomic mass is 16.5. The summed E-state index contributed by atoms with van der Waals surface area (Å²) in [6, 6.07) is 16.7. The van der Waals surface area contributed by atoms with E-state index >= 15 is 0 Å². The van der Waals surface area contributed by atoms with Gasteiger partial charge >= 0.3 is 0 Å². The van der Waals surface area contributed by atoms with Crippen LogP contribution in [0.1, 0.15) is 37.8 Å². The van der Waals surface area contributed by atoms with Gasteiger partial charge in [0.25, 0.3) is 0 Å². The summed E-state index contributed by atoms with van der Waals surface area (Å²) in [4.78, 5) is 0. The molecular formula is C19H25NO. The fraction of sp³-hybridized carbons (Fsp3) is 0.368. The summed E-state index contributed by atoms with van der Waals surface area (Å²) >= 11 is 0. The zero-order valence-corrected chi connectivity index (χ0v) is 13.4. The average molecular weight is 283 g/mol. The first kappa shape index (κ1) is 15.4. The van der Waals surface area contributed by atoms with Crippen LogP contribution in [0.2, 0.25) is 0 Å². The molecule has 0 saturated heterocycles. The zero-order chi connectivity index (χ0) is 15.2. The predicted molar refractivity (Wildman–Crippen MR) is 90.3 cm³/mol. The molecule has 2 aromatic carbocycles. The fourth-order valence-corrected chi connectivity index (χ4v) is 2.31. The Balaban J connectivity index is 1.92. The lowest BCUT2D eigenvalue weighted by Gasteiger charge is -2.19. The van der Waals surface area contributed by atoms with E-state index in [2.05, 4.69) is 69.4 Å². The molecule has 0 aliphatic carbocycles. The van der Waals surface area contributed by atoms with Crippen LogP contribution in [-0.2, 0) is 0 Å². The van der Waals surface area contributed by atoms with Crippen molar-refractivity contribution in [1.82, 2.24) is 0 Å². The van der Waals surface area contributed by atoms with Crippen molar-refractivity contribution in [1.29, 1.82) is 0 Å². The molecule has 1 atom stereocenters. The van der Waals surface area contributed by atoms with E-state index in [0.717, 1.165) is 12.3 Å². The van der Waals surface area contributed by atoms with Crippen LogP contribution in [0.3, 0.4) is 0 Å². The number of rotatable bonds is 6. The number of aryl methyl sites for hydroxylation is 1. The Morgan fingerprint density at radius 3 is 2.29 bits per heavy atom. The van der Waals surface area contributed by atoms with E-state index in [1.54, 1.807) is 0 Å². The van der Waals surface area contributed by atoms with Gasteiger partial charge in [-0.1, -0.05) is 49.7 Å². The zero-order valence-electron chi connectivity index (χ0n) is 13.4. The molecule has 112 valence electrons. The molecular weight excluding hydrogens is 258 g/mol. The Hall–Kier alpha value is -1.96. The molecule has 21 heavy (non-hydrogen) atoms. The van der Waals surface area contributed by atoms with Crippen molar-refractivity contribution >= 4 is 5.69 Å². The topological polar surface area (TPSA) is 21.3 Å². The van der Waals surface area contributed by atoms with Crippen molar-refractivity contribution < 1.29 is 4.74 Å². The van der Waals surface area contributed by atoms with Crippen molar-refractivity contribution in [3.05, 3.63) is 59.7 Å². The van der Waals surface area contributed by atoms with Crippen molar-refractivity contribution in [3.8, 4) is 5.75 Å². The number of hydrogen-bond donors (Lipinski definition) is 1. The number of ether oxygens (including phenoxy) is 1. The summed E-state index contributed by atoms with van der Waals surface area (Å²) in [6.45, 7) is 9.39. The predicted octanol–water partition coefficient (Wildman–Crippen LogP) is 5.00. The minimum absolute atomic E-state index is 0.118. The monoisotopic (exact) mass is 283 g/mol. The highest BCUT2D eigenvalue weighted by molar-refractivity contribution is 5.52. The first-order valence-electron chi connectivity index (χ1n) is 7.62. The van der Waals surface area contributed by atoms with Crippen LogP contribution in [0.15, 0.2) is 48.5 Å². The van der Waals surface area contributed by atoms with E-state index in [-0.39, 0.29) is 6.10 Å². The minimum Gasteiger partial charge on any atom is -0.489 e. The van der Waals surface area contributed by atoms with E-state index in [1.165, 1.54) is 16.8 Å². The first-order valence-corrected chi connectivity index (χ1v) is 7.62. The molecule has 2 aromatic rings. The molecule has 0 fully saturated rings. The van der Waals surface area contributed by atoms with Crippen molar-refractivity contribution in [2.75, 3.05) is 11.9 Å². The number of nitrogens with one attached hydrogen (secondary N) is 1. The van der Waals surface area contributed by atoms with E-state index < -0.39 is 0 Å². The molecule has 0 bridgehead atoms. The van der Waals surface area contributed by atoms with Gasteiger partial charge in [-0.15, -0.1) is 0 Å². The Morgan fingerprint density at radius 2 is 1.62 bits per heavy atom. The molecule has 1 unspecified atom stereocenters. The van der Waals surface area contributed by atoms with Gasteiger partial charge < -0.3 is 10.1 Å². The Bertz CT molecular complexity index is 560. The molecule has 0 aromatic heterocycles. The summed E-state index contributed by atoms with van der Waals surface area (Å²) in [5.74, 6) is 1.44. The van der Waals surface area contributed by atoms with Gasteiger partial charge in [-0.05, 0) is 43.5 Å². The number of benzene rings is 2. The summed E-state index contributed by atoms with van der Waals surface area (Å²) in [5.41, 5.74) is 3.80. The van der Waals surface area contributed by atoms with Crippen molar-refractivity contribution in [2.45, 2.75) is 39.7 Å². The lowest BCUT2D eigenvalue weighted by Crippen LogP contribution is -2.23. The maximum Gasteiger partial charge on any atom is 0.119 e. The molecule has 0 radical (unpaired) electrons. The maximum absolute atomic E-state index is 5.93. The smallest absolute Gasteiger partial charge is 0.119 e. The molecule has 0 spiro atoms. The minimum atomic E-state index is 0.118. The van der Waals surface area contributed by atoms with Crippen LogP contribution >= 0.6 is 0 Å². The first-order chi connectivity index (χ1) is 10.1. The summed E-state index contributed by atoms with van der Waals surface area (Å²) in [5, 5.41) is 3.50. The largest absolute Gasteiger partial charge is 0.489 e. The van der Waals surface area contributed by atoms with Gasteiger partial charge in [-0.25, -0.2) is 0 Å². The van der Waals surface area contributed by atoms with Crippen LogP contribution in [0.25, 0.3) is 0 Å². The van der Waals surface area contributed by atoms with Crippen molar-refractivity contribution in [2.24, 2.45) is 0 Å². The quantitative estimate of drug-likeness (QED) is 0.805. The van der Waals surface area contributed by atoms with Crippen LogP contribution in [0, 0.1) is 6.92 Å². The number of anilines is 1. The summed E-state index contributed by atoms with van der Waals surface area (Å²) < 4.78 is 5.93. The second kappa shape index (κ2) is 7.16. The van der Waals surface area contributed by atoms with Gasteiger partial charge in [0, 0.05) is 5.69 Å². The molecule has 0 saturated carbocycles. The third-order valence-corrected chi connectivity index (χ3v) is 3.52. The van der Waals surface area contributed by atoms with Gasteiger partial charge in [0.05, 0.1) is 6.54 Å². The van der Waals surface area contributed by atoms with Crippen LogP contribution in [-0.4, -0.2) is 12.6 Å². The molecule has 2 heteroatoms. The van der Waals surface area contributed by atoms with Crippen LogP contribution < -0.4 is 10.1 Å². The molecule has 2 rings (SSSR count). The second-order valence-electron chi connectivity index (χ2n) is 5.86. The molecule has 2 nitrogen and oxygen atoms in total. The summed E-state index contributed by atoms with van der Waals surface area (Å²) in [7, 11) is 0. The van der Waals surface area contributed by atoms with Gasteiger partial charge in [-0.2, -0.15) is 0 Å². The Labute approximate surface area is 128 Å². The third kappa shape index (κ3) is 4.52. The highest BCUT2D eigenvalue weighted by Crippen LogP contribution is 2.23. The SMILES string of the molecule is Cc1ccc(OC(C)CNc2ccccc2C(C)C)cc1. The molecule has 0 amide bonds. The van der Waals surface area contributed by atoms with Gasteiger partial charge in [0.1, 0.15) is 11.9 Å². The molecule has 1 N–H and O–H groups in total. The second-order valence-corrected chi connectivity index (χ2v) is 5.86. The number of hydrogen-bond acceptors (Lipinski definition) is 2. The maximum atomic E-state index is 5.93. The summed E-state index contributed by atoms with van der Waals surface area (Å²) in [6.07, 6.45) is 0.118. The van der Waals surface area contributed by atoms with E-state index in [1.807, 2.05) is 12.1 Å². The normalized spacial score (nSPS) is 12.2. The van der Waals surface area contributed by atoms with Crippen LogP contribution in [0.5, 0.6) is 5.75 Å². The van der Waals surface area contributed by atoms with Crippen LogP contribution in [0.4, 0.5) is 5.69 Å². The van der Waals surface area contributed by atoms with Crippen molar-refractivity contribution in [3.63, 3.8) is 0 Å². The molecule has 0 heterocycles. The highest BCUT2D eigenvalue weighted by Gasteiger charge is 2.08. The van der Waals surface area contributed by atoms with Gasteiger partial charge in [0.2, 0.25) is 0 Å². The third-order valence-electron chi connectivity index (χ3n) is 3.52. The standard InChI is InChI=1S/C19H25NO/c1-14(2)18-7-5-6-8-19(18)20-13-16(4)21-17-11-9-15(3)10-12-17/h5-12,14,16,20H,13H2,1-4H3. The van der Waals surface area contributed by atoms with E-state index in [9.17, 15) is 0 Å². The molecule has 0 aliphatic heterocycles. The average Bonchev–Trinajstić information content (AvgIpc) is 2.48. The molecule has 0 aliphatic rings. The number of para-hydroxylation sites is 1. The van der Waals surface area contributed by atoms with Gasteiger partial charge in [-0.3, -0.25) is 0 Å². The fourth-order valence-electron chi connectivity index (χ4n) is 2.31. The Morgan fingerprint density at radius 1 is 0.952 bits per heavy atom. The lowest BCUT2D eigenvalue weighted by atomic mass is 10.0.